The molecule has 0 fully saturated rings. The highest BCUT2D eigenvalue weighted by molar-refractivity contribution is 5.95. The maximum absolute atomic E-state index is 12.5. The van der Waals surface area contributed by atoms with Crippen LogP contribution in [-0.2, 0) is 26.9 Å². The number of esters is 1. The Balaban J connectivity index is 1.81. The first kappa shape index (κ1) is 21.3. The second kappa shape index (κ2) is 9.25. The zero-order chi connectivity index (χ0) is 20.7. The van der Waals surface area contributed by atoms with Crippen LogP contribution in [0.25, 0.3) is 0 Å². The first-order chi connectivity index (χ1) is 13.2. The van der Waals surface area contributed by atoms with E-state index in [0.717, 1.165) is 36.2 Å². The van der Waals surface area contributed by atoms with Gasteiger partial charge < -0.3 is 14.8 Å². The Labute approximate surface area is 160 Å². The van der Waals surface area contributed by atoms with Crippen LogP contribution in [0.4, 0.5) is 18.9 Å². The minimum absolute atomic E-state index is 0.160. The predicted molar refractivity (Wildman–Crippen MR) is 96.9 cm³/mol. The van der Waals surface area contributed by atoms with Gasteiger partial charge >= 0.3 is 12.1 Å². The lowest BCUT2D eigenvalue weighted by Crippen LogP contribution is -2.31. The molecule has 0 aromatic heterocycles. The maximum atomic E-state index is 12.5. The number of halogens is 3. The third-order valence-corrected chi connectivity index (χ3v) is 3.85. The number of rotatable bonds is 7. The van der Waals surface area contributed by atoms with Crippen molar-refractivity contribution in [3.63, 3.8) is 0 Å². The molecule has 2 aromatic carbocycles. The molecule has 2 aromatic rings. The zero-order valence-corrected chi connectivity index (χ0v) is 15.4. The number of ether oxygens (including phenoxy) is 2. The molecule has 0 unspecified atom stereocenters. The third kappa shape index (κ3) is 6.29. The van der Waals surface area contributed by atoms with E-state index in [-0.39, 0.29) is 12.3 Å². The molecule has 0 saturated heterocycles. The van der Waals surface area contributed by atoms with Gasteiger partial charge in [-0.25, -0.2) is 4.79 Å². The zero-order valence-electron chi connectivity index (χ0n) is 15.4. The highest BCUT2D eigenvalue weighted by Gasteiger charge is 2.30. The number of alkyl halides is 3. The van der Waals surface area contributed by atoms with Crippen molar-refractivity contribution in [2.75, 3.05) is 11.9 Å². The van der Waals surface area contributed by atoms with Crippen LogP contribution in [0.15, 0.2) is 48.5 Å². The van der Waals surface area contributed by atoms with E-state index in [1.807, 2.05) is 19.1 Å². The number of amides is 1. The van der Waals surface area contributed by atoms with Crippen LogP contribution in [0.2, 0.25) is 0 Å². The van der Waals surface area contributed by atoms with Crippen molar-refractivity contribution >= 4 is 17.6 Å². The minimum Gasteiger partial charge on any atom is -0.482 e. The van der Waals surface area contributed by atoms with Crippen molar-refractivity contribution < 1.29 is 32.2 Å². The molecule has 8 heteroatoms. The lowest BCUT2D eigenvalue weighted by molar-refractivity contribution is -0.155. The Bertz CT molecular complexity index is 802. The van der Waals surface area contributed by atoms with E-state index in [1.54, 1.807) is 12.1 Å². The first-order valence-corrected chi connectivity index (χ1v) is 8.58. The highest BCUT2D eigenvalue weighted by atomic mass is 19.4. The number of hydrogen-bond acceptors (Lipinski definition) is 4. The molecule has 0 bridgehead atoms. The van der Waals surface area contributed by atoms with Gasteiger partial charge in [-0.05, 0) is 55.3 Å². The minimum atomic E-state index is -4.46. The van der Waals surface area contributed by atoms with E-state index >= 15 is 0 Å². The number of benzene rings is 2. The van der Waals surface area contributed by atoms with Gasteiger partial charge in [0.25, 0.3) is 5.91 Å². The van der Waals surface area contributed by atoms with E-state index in [0.29, 0.717) is 5.75 Å². The molecule has 5 nitrogen and oxygen atoms in total. The Morgan fingerprint density at radius 2 is 1.64 bits per heavy atom. The van der Waals surface area contributed by atoms with Crippen LogP contribution in [0.3, 0.4) is 0 Å². The molecule has 0 aliphatic rings. The summed E-state index contributed by atoms with van der Waals surface area (Å²) in [6, 6.07) is 11.2. The van der Waals surface area contributed by atoms with Gasteiger partial charge in [-0.15, -0.1) is 0 Å². The van der Waals surface area contributed by atoms with Crippen LogP contribution in [0.1, 0.15) is 25.0 Å². The monoisotopic (exact) mass is 395 g/mol. The summed E-state index contributed by atoms with van der Waals surface area (Å²) in [5, 5.41) is 2.39. The van der Waals surface area contributed by atoms with Crippen molar-refractivity contribution in [3.05, 3.63) is 59.7 Å². The molecule has 0 saturated carbocycles. The number of carbonyl (C=O) groups excluding carboxylic acids is 2. The Morgan fingerprint density at radius 1 is 1.04 bits per heavy atom. The standard InChI is InChI=1S/C20H20F3NO4/c1-3-14-4-10-17(11-5-14)27-12-18(25)28-13(2)19(26)24-16-8-6-15(7-9-16)20(21,22)23/h4-11,13H,3,12H2,1-2H3,(H,24,26)/t13-/m0/s1. The second-order valence-corrected chi connectivity index (χ2v) is 5.98. The summed E-state index contributed by atoms with van der Waals surface area (Å²) in [4.78, 5) is 23.8. The number of nitrogens with one attached hydrogen (secondary N) is 1. The van der Waals surface area contributed by atoms with Gasteiger partial charge in [-0.2, -0.15) is 13.2 Å². The van der Waals surface area contributed by atoms with Crippen LogP contribution in [0.5, 0.6) is 5.75 Å². The molecular weight excluding hydrogens is 375 g/mol. The van der Waals surface area contributed by atoms with Gasteiger partial charge in [-0.3, -0.25) is 4.79 Å². The molecule has 0 aliphatic heterocycles. The summed E-state index contributed by atoms with van der Waals surface area (Å²) in [5.41, 5.74) is 0.464. The topological polar surface area (TPSA) is 64.6 Å². The largest absolute Gasteiger partial charge is 0.482 e. The highest BCUT2D eigenvalue weighted by Crippen LogP contribution is 2.29. The van der Waals surface area contributed by atoms with E-state index in [1.165, 1.54) is 6.92 Å². The Morgan fingerprint density at radius 3 is 2.18 bits per heavy atom. The molecule has 0 spiro atoms. The fourth-order valence-electron chi connectivity index (χ4n) is 2.23. The fourth-order valence-corrected chi connectivity index (χ4v) is 2.23. The van der Waals surface area contributed by atoms with E-state index in [2.05, 4.69) is 5.32 Å². The molecule has 2 rings (SSSR count). The predicted octanol–water partition coefficient (Wildman–Crippen LogP) is 4.22. The molecule has 1 atom stereocenters. The molecule has 150 valence electrons. The lowest BCUT2D eigenvalue weighted by Gasteiger charge is -2.14. The van der Waals surface area contributed by atoms with E-state index in [9.17, 15) is 22.8 Å². The van der Waals surface area contributed by atoms with Gasteiger partial charge in [0, 0.05) is 5.69 Å². The fraction of sp³-hybridized carbons (Fsp3) is 0.300. The first-order valence-electron chi connectivity index (χ1n) is 8.58. The lowest BCUT2D eigenvalue weighted by atomic mass is 10.2. The van der Waals surface area contributed by atoms with Crippen molar-refractivity contribution in [2.24, 2.45) is 0 Å². The van der Waals surface area contributed by atoms with Crippen LogP contribution < -0.4 is 10.1 Å². The van der Waals surface area contributed by atoms with Gasteiger partial charge in [-0.1, -0.05) is 19.1 Å². The van der Waals surface area contributed by atoms with Crippen molar-refractivity contribution in [2.45, 2.75) is 32.5 Å². The molecule has 0 aliphatic carbocycles. The van der Waals surface area contributed by atoms with Crippen LogP contribution in [-0.4, -0.2) is 24.6 Å². The Hall–Kier alpha value is -3.03. The average Bonchev–Trinajstić information content (AvgIpc) is 2.66. The van der Waals surface area contributed by atoms with Gasteiger partial charge in [0.1, 0.15) is 5.75 Å². The number of hydrogen-bond donors (Lipinski definition) is 1. The summed E-state index contributed by atoms with van der Waals surface area (Å²) in [6.45, 7) is 3.00. The summed E-state index contributed by atoms with van der Waals surface area (Å²) in [6.07, 6.45) is -4.71. The number of anilines is 1. The summed E-state index contributed by atoms with van der Waals surface area (Å²) < 4.78 is 47.9. The molecule has 0 heterocycles. The van der Waals surface area contributed by atoms with Crippen molar-refractivity contribution in [3.8, 4) is 5.75 Å². The molecule has 1 N–H and O–H groups in total. The van der Waals surface area contributed by atoms with Gasteiger partial charge in [0.05, 0.1) is 5.56 Å². The quantitative estimate of drug-likeness (QED) is 0.713. The summed E-state index contributed by atoms with van der Waals surface area (Å²) in [5.74, 6) is -0.911. The number of aryl methyl sites for hydroxylation is 1. The molecule has 1 amide bonds. The maximum Gasteiger partial charge on any atom is 0.416 e. The third-order valence-electron chi connectivity index (χ3n) is 3.85. The van der Waals surface area contributed by atoms with Crippen LogP contribution >= 0.6 is 0 Å². The smallest absolute Gasteiger partial charge is 0.416 e. The molecular formula is C20H20F3NO4. The average molecular weight is 395 g/mol. The summed E-state index contributed by atoms with van der Waals surface area (Å²) in [7, 11) is 0. The van der Waals surface area contributed by atoms with Crippen molar-refractivity contribution in [1.82, 2.24) is 0 Å². The Kier molecular flexibility index (Phi) is 7.03. The van der Waals surface area contributed by atoms with E-state index in [4.69, 9.17) is 9.47 Å². The molecule has 28 heavy (non-hydrogen) atoms. The summed E-state index contributed by atoms with van der Waals surface area (Å²) >= 11 is 0. The molecule has 0 radical (unpaired) electrons. The second-order valence-electron chi connectivity index (χ2n) is 5.98. The van der Waals surface area contributed by atoms with E-state index < -0.39 is 29.7 Å². The SMILES string of the molecule is CCc1ccc(OCC(=O)O[C@@H](C)C(=O)Nc2ccc(C(F)(F)F)cc2)cc1. The van der Waals surface area contributed by atoms with Crippen molar-refractivity contribution in [1.29, 1.82) is 0 Å². The normalized spacial score (nSPS) is 12.2. The van der Waals surface area contributed by atoms with Gasteiger partial charge in [0.2, 0.25) is 0 Å². The van der Waals surface area contributed by atoms with Gasteiger partial charge in [0.15, 0.2) is 12.7 Å². The number of carbonyl (C=O) groups is 2. The van der Waals surface area contributed by atoms with Crippen LogP contribution in [0, 0.1) is 0 Å².